The van der Waals surface area contributed by atoms with E-state index in [2.05, 4.69) is 21.9 Å². The lowest BCUT2D eigenvalue weighted by atomic mass is 10.00. The number of anilines is 2. The first-order valence-corrected chi connectivity index (χ1v) is 13.3. The summed E-state index contributed by atoms with van der Waals surface area (Å²) < 4.78 is 55.6. The van der Waals surface area contributed by atoms with Crippen LogP contribution < -0.4 is 10.0 Å². The number of halogens is 4. The molecule has 7 nitrogen and oxygen atoms in total. The maximum Gasteiger partial charge on any atom is 0.261 e. The molecule has 2 aromatic heterocycles. The first kappa shape index (κ1) is 26.6. The van der Waals surface area contributed by atoms with Crippen LogP contribution in [0.3, 0.4) is 0 Å². The van der Waals surface area contributed by atoms with Gasteiger partial charge >= 0.3 is 0 Å². The van der Waals surface area contributed by atoms with Crippen LogP contribution in [0, 0.1) is 11.6 Å². The molecule has 0 aliphatic rings. The van der Waals surface area contributed by atoms with Gasteiger partial charge in [-0.05, 0) is 47.9 Å². The van der Waals surface area contributed by atoms with Gasteiger partial charge in [-0.3, -0.25) is 9.52 Å². The van der Waals surface area contributed by atoms with E-state index in [1.54, 1.807) is 37.4 Å². The number of rotatable bonds is 8. The standard InChI is InChI=1S/C25H20Cl2F2N4O3S/c1-3-8-37(35,36)33-21-7-6-20(28)22(23(21)29)25(34)32-15-10-16-17(12-31-24(16)30-11-15)13(2)14-4-5-18(26)19(27)9-14/h4-7,9-12,33H,2-3,8H2,1H3,(H,30,31)(H,32,34). The zero-order valence-corrected chi connectivity index (χ0v) is 21.7. The van der Waals surface area contributed by atoms with Gasteiger partial charge in [0.15, 0.2) is 5.82 Å². The van der Waals surface area contributed by atoms with Gasteiger partial charge in [-0.2, -0.15) is 0 Å². The van der Waals surface area contributed by atoms with Crippen LogP contribution in [0.25, 0.3) is 16.6 Å². The summed E-state index contributed by atoms with van der Waals surface area (Å²) in [6.07, 6.45) is 3.28. The number of sulfonamides is 1. The van der Waals surface area contributed by atoms with Gasteiger partial charge in [-0.25, -0.2) is 22.2 Å². The van der Waals surface area contributed by atoms with Crippen LogP contribution in [0.2, 0.25) is 10.0 Å². The molecule has 0 aliphatic carbocycles. The number of hydrogen-bond acceptors (Lipinski definition) is 4. The SMILES string of the molecule is C=C(c1ccc(Cl)c(Cl)c1)c1c[nH]c2ncc(NC(=O)c3c(F)ccc(NS(=O)(=O)CCC)c3F)cc12. The molecule has 0 atom stereocenters. The predicted molar refractivity (Wildman–Crippen MR) is 143 cm³/mol. The summed E-state index contributed by atoms with van der Waals surface area (Å²) in [5.41, 5.74) is 1.12. The molecule has 3 N–H and O–H groups in total. The summed E-state index contributed by atoms with van der Waals surface area (Å²) >= 11 is 12.1. The number of aromatic amines is 1. The fourth-order valence-electron chi connectivity index (χ4n) is 3.68. The fraction of sp³-hybridized carbons (Fsp3) is 0.120. The molecule has 2 heterocycles. The van der Waals surface area contributed by atoms with E-state index in [-0.39, 0.29) is 11.4 Å². The van der Waals surface area contributed by atoms with Gasteiger partial charge < -0.3 is 10.3 Å². The van der Waals surface area contributed by atoms with Crippen molar-refractivity contribution in [1.29, 1.82) is 0 Å². The van der Waals surface area contributed by atoms with Gasteiger partial charge in [0, 0.05) is 17.1 Å². The van der Waals surface area contributed by atoms with E-state index in [0.29, 0.717) is 44.2 Å². The third-order valence-electron chi connectivity index (χ3n) is 5.44. The van der Waals surface area contributed by atoms with Crippen LogP contribution in [0.15, 0.2) is 55.4 Å². The Morgan fingerprint density at radius 3 is 2.59 bits per heavy atom. The summed E-state index contributed by atoms with van der Waals surface area (Å²) in [6.45, 7) is 5.75. The molecule has 0 radical (unpaired) electrons. The van der Waals surface area contributed by atoms with Crippen molar-refractivity contribution in [3.05, 3.63) is 93.7 Å². The van der Waals surface area contributed by atoms with Crippen LogP contribution in [-0.4, -0.2) is 30.0 Å². The number of hydrogen-bond donors (Lipinski definition) is 3. The van der Waals surface area contributed by atoms with Crippen molar-refractivity contribution in [3.63, 3.8) is 0 Å². The lowest BCUT2D eigenvalue weighted by molar-refractivity contribution is 0.101. The molecule has 0 unspecified atom stereocenters. The molecule has 1 amide bonds. The number of H-pyrrole nitrogens is 1. The summed E-state index contributed by atoms with van der Waals surface area (Å²) in [6, 6.07) is 8.36. The first-order chi connectivity index (χ1) is 17.5. The molecule has 0 spiro atoms. The molecular weight excluding hydrogens is 545 g/mol. The largest absolute Gasteiger partial charge is 0.346 e. The van der Waals surface area contributed by atoms with E-state index in [4.69, 9.17) is 23.2 Å². The van der Waals surface area contributed by atoms with Gasteiger partial charge in [-0.1, -0.05) is 42.8 Å². The Hall–Kier alpha value is -3.47. The minimum atomic E-state index is -3.86. The van der Waals surface area contributed by atoms with Gasteiger partial charge in [0.05, 0.1) is 33.4 Å². The maximum atomic E-state index is 15.0. The minimum Gasteiger partial charge on any atom is -0.346 e. The Bertz CT molecular complexity index is 1660. The van der Waals surface area contributed by atoms with Gasteiger partial charge in [-0.15, -0.1) is 0 Å². The van der Waals surface area contributed by atoms with Crippen molar-refractivity contribution in [2.45, 2.75) is 13.3 Å². The highest BCUT2D eigenvalue weighted by Gasteiger charge is 2.23. The van der Waals surface area contributed by atoms with E-state index in [0.717, 1.165) is 12.1 Å². The van der Waals surface area contributed by atoms with Gasteiger partial charge in [0.25, 0.3) is 5.91 Å². The predicted octanol–water partition coefficient (Wildman–Crippen LogP) is 6.61. The highest BCUT2D eigenvalue weighted by molar-refractivity contribution is 7.92. The van der Waals surface area contributed by atoms with E-state index in [9.17, 15) is 22.0 Å². The number of amides is 1. The van der Waals surface area contributed by atoms with Gasteiger partial charge in [0.1, 0.15) is 17.0 Å². The molecule has 192 valence electrons. The fourth-order valence-corrected chi connectivity index (χ4v) is 5.11. The average molecular weight is 565 g/mol. The molecule has 0 aliphatic heterocycles. The molecule has 0 fully saturated rings. The van der Waals surface area contributed by atoms with Crippen molar-refractivity contribution in [3.8, 4) is 0 Å². The number of pyridine rings is 1. The Labute approximate surface area is 221 Å². The van der Waals surface area contributed by atoms with Gasteiger partial charge in [0.2, 0.25) is 10.0 Å². The average Bonchev–Trinajstić information content (AvgIpc) is 3.25. The molecule has 0 saturated carbocycles. The van der Waals surface area contributed by atoms with Crippen molar-refractivity contribution in [2.24, 2.45) is 0 Å². The number of carbonyl (C=O) groups excluding carboxylic acids is 1. The number of fused-ring (bicyclic) bond motifs is 1. The van der Waals surface area contributed by atoms with Crippen molar-refractivity contribution in [2.75, 3.05) is 15.8 Å². The normalized spacial score (nSPS) is 11.5. The van der Waals surface area contributed by atoms with Crippen LogP contribution in [0.5, 0.6) is 0 Å². The molecule has 2 aromatic carbocycles. The molecule has 0 saturated heterocycles. The molecule has 0 bridgehead atoms. The maximum absolute atomic E-state index is 15.0. The monoisotopic (exact) mass is 564 g/mol. The second kappa shape index (κ2) is 10.5. The number of benzene rings is 2. The summed E-state index contributed by atoms with van der Waals surface area (Å²) in [4.78, 5) is 20.1. The Morgan fingerprint density at radius 2 is 1.89 bits per heavy atom. The lowest BCUT2D eigenvalue weighted by Crippen LogP contribution is -2.20. The van der Waals surface area contributed by atoms with Crippen molar-refractivity contribution < 1.29 is 22.0 Å². The van der Waals surface area contributed by atoms with Crippen molar-refractivity contribution in [1.82, 2.24) is 9.97 Å². The second-order valence-electron chi connectivity index (χ2n) is 8.09. The van der Waals surface area contributed by atoms with Crippen LogP contribution in [0.1, 0.15) is 34.8 Å². The number of nitrogens with zero attached hydrogens (tertiary/aromatic N) is 1. The Morgan fingerprint density at radius 1 is 1.14 bits per heavy atom. The molecule has 37 heavy (non-hydrogen) atoms. The highest BCUT2D eigenvalue weighted by Crippen LogP contribution is 2.33. The smallest absolute Gasteiger partial charge is 0.261 e. The Balaban J connectivity index is 1.64. The molecular formula is C25H20Cl2F2N4O3S. The quantitative estimate of drug-likeness (QED) is 0.224. The number of carbonyl (C=O) groups is 1. The number of aromatic nitrogens is 2. The minimum absolute atomic E-state index is 0.149. The van der Waals surface area contributed by atoms with E-state index in [1.807, 2.05) is 4.72 Å². The number of nitrogens with one attached hydrogen (secondary N) is 3. The summed E-state index contributed by atoms with van der Waals surface area (Å²) in [7, 11) is -3.86. The van der Waals surface area contributed by atoms with Crippen molar-refractivity contribution >= 4 is 67.1 Å². The zero-order chi connectivity index (χ0) is 26.9. The molecule has 12 heteroatoms. The van der Waals surface area contributed by atoms with E-state index >= 15 is 0 Å². The lowest BCUT2D eigenvalue weighted by Gasteiger charge is -2.12. The van der Waals surface area contributed by atoms with Crippen LogP contribution in [-0.2, 0) is 10.0 Å². The zero-order valence-electron chi connectivity index (χ0n) is 19.3. The second-order valence-corrected chi connectivity index (χ2v) is 10.7. The Kier molecular flexibility index (Phi) is 7.54. The molecule has 4 rings (SSSR count). The third-order valence-corrected chi connectivity index (χ3v) is 7.65. The van der Waals surface area contributed by atoms with Crippen LogP contribution >= 0.6 is 23.2 Å². The highest BCUT2D eigenvalue weighted by atomic mass is 35.5. The topological polar surface area (TPSA) is 104 Å². The third kappa shape index (κ3) is 5.61. The van der Waals surface area contributed by atoms with E-state index < -0.39 is 38.8 Å². The van der Waals surface area contributed by atoms with Crippen LogP contribution in [0.4, 0.5) is 20.2 Å². The first-order valence-electron chi connectivity index (χ1n) is 10.9. The summed E-state index contributed by atoms with van der Waals surface area (Å²) in [5.74, 6) is -3.86. The molecule has 4 aromatic rings. The summed E-state index contributed by atoms with van der Waals surface area (Å²) in [5, 5.41) is 3.75. The van der Waals surface area contributed by atoms with E-state index in [1.165, 1.54) is 6.20 Å².